The molecule has 0 aliphatic heterocycles. The Morgan fingerprint density at radius 2 is 1.48 bits per heavy atom. The maximum absolute atomic E-state index is 13.2. The zero-order chi connectivity index (χ0) is 23.2. The minimum atomic E-state index is -4.64. The lowest BCUT2D eigenvalue weighted by Gasteiger charge is -2.18. The number of rotatable bonds is 8. The Hall–Kier alpha value is -3.04. The molecule has 1 N–H and O–H groups in total. The van der Waals surface area contributed by atoms with Crippen LogP contribution < -0.4 is 9.47 Å². The molecule has 0 aromatic heterocycles. The van der Waals surface area contributed by atoms with Crippen LogP contribution in [0.3, 0.4) is 0 Å². The Bertz CT molecular complexity index is 938. The average Bonchev–Trinajstić information content (AvgIpc) is 2.67. The Labute approximate surface area is 175 Å². The van der Waals surface area contributed by atoms with E-state index >= 15 is 0 Å². The van der Waals surface area contributed by atoms with Gasteiger partial charge in [0, 0.05) is 37.0 Å². The highest BCUT2D eigenvalue weighted by atomic mass is 19.4. The van der Waals surface area contributed by atoms with Crippen LogP contribution in [0.5, 0.6) is 11.5 Å². The number of ether oxygens (including phenoxy) is 2. The van der Waals surface area contributed by atoms with Crippen molar-refractivity contribution in [3.63, 3.8) is 0 Å². The normalized spacial score (nSPS) is 13.3. The van der Waals surface area contributed by atoms with Crippen LogP contribution in [0, 0.1) is 5.41 Å². The van der Waals surface area contributed by atoms with Gasteiger partial charge in [0.15, 0.2) is 0 Å². The Kier molecular flexibility index (Phi) is 7.70. The van der Waals surface area contributed by atoms with Gasteiger partial charge < -0.3 is 14.9 Å². The summed E-state index contributed by atoms with van der Waals surface area (Å²) in [6.45, 7) is 1.59. The first-order valence-electron chi connectivity index (χ1n) is 9.10. The number of benzene rings is 2. The summed E-state index contributed by atoms with van der Waals surface area (Å²) in [4.78, 5) is 3.60. The molecular weight excluding hydrogens is 426 g/mol. The standard InChI is InChI=1S/C21H20F6N2O2/c1-13(31-17-6-3-14(11-28)18(10-17)20(22,23)24)7-8-30-16-5-4-15(12-29-2)19(9-16)21(25,26)27/h3-6,9-13,28H,7-8H2,1-2H3. The van der Waals surface area contributed by atoms with Gasteiger partial charge in [-0.05, 0) is 43.3 Å². The van der Waals surface area contributed by atoms with E-state index in [1.54, 1.807) is 6.92 Å². The third kappa shape index (κ3) is 6.73. The van der Waals surface area contributed by atoms with E-state index in [1.165, 1.54) is 25.2 Å². The summed E-state index contributed by atoms with van der Waals surface area (Å²) in [6, 6.07) is 6.75. The molecule has 1 unspecified atom stereocenters. The highest BCUT2D eigenvalue weighted by molar-refractivity contribution is 5.82. The third-order valence-corrected chi connectivity index (χ3v) is 4.21. The maximum Gasteiger partial charge on any atom is 0.417 e. The van der Waals surface area contributed by atoms with Crippen molar-refractivity contribution in [2.24, 2.45) is 4.99 Å². The quantitative estimate of drug-likeness (QED) is 0.399. The zero-order valence-corrected chi connectivity index (χ0v) is 16.6. The van der Waals surface area contributed by atoms with Crippen LogP contribution in [-0.4, -0.2) is 32.2 Å². The van der Waals surface area contributed by atoms with Crippen LogP contribution in [0.2, 0.25) is 0 Å². The second-order valence-corrected chi connectivity index (χ2v) is 6.59. The van der Waals surface area contributed by atoms with Crippen molar-refractivity contribution >= 4 is 12.4 Å². The summed E-state index contributed by atoms with van der Waals surface area (Å²) < 4.78 is 89.6. The van der Waals surface area contributed by atoms with Crippen LogP contribution in [0.4, 0.5) is 26.3 Å². The molecule has 0 aliphatic rings. The summed E-state index contributed by atoms with van der Waals surface area (Å²) >= 11 is 0. The second kappa shape index (κ2) is 9.84. The van der Waals surface area contributed by atoms with Gasteiger partial charge in [0.25, 0.3) is 0 Å². The molecular formula is C21H20F6N2O2. The minimum Gasteiger partial charge on any atom is -0.493 e. The summed E-state index contributed by atoms with van der Waals surface area (Å²) in [7, 11) is 1.36. The van der Waals surface area contributed by atoms with Crippen molar-refractivity contribution in [2.75, 3.05) is 13.7 Å². The molecule has 10 heteroatoms. The van der Waals surface area contributed by atoms with Crippen molar-refractivity contribution in [3.05, 3.63) is 58.7 Å². The molecule has 0 bridgehead atoms. The molecule has 0 saturated carbocycles. The highest BCUT2D eigenvalue weighted by Gasteiger charge is 2.34. The van der Waals surface area contributed by atoms with E-state index in [9.17, 15) is 26.3 Å². The summed E-state index contributed by atoms with van der Waals surface area (Å²) in [5.41, 5.74) is -2.24. The first kappa shape index (κ1) is 24.2. The highest BCUT2D eigenvalue weighted by Crippen LogP contribution is 2.35. The van der Waals surface area contributed by atoms with E-state index in [0.717, 1.165) is 24.4 Å². The molecule has 4 nitrogen and oxygen atoms in total. The lowest BCUT2D eigenvalue weighted by Crippen LogP contribution is -2.17. The number of halogens is 6. The molecule has 0 saturated heterocycles. The average molecular weight is 446 g/mol. The third-order valence-electron chi connectivity index (χ3n) is 4.21. The molecule has 0 spiro atoms. The van der Waals surface area contributed by atoms with E-state index in [1.807, 2.05) is 0 Å². The molecule has 0 radical (unpaired) electrons. The van der Waals surface area contributed by atoms with Gasteiger partial charge in [-0.2, -0.15) is 26.3 Å². The predicted molar refractivity (Wildman–Crippen MR) is 104 cm³/mol. The summed E-state index contributed by atoms with van der Waals surface area (Å²) in [5.74, 6) is -0.0320. The number of nitrogens with zero attached hydrogens (tertiary/aromatic N) is 1. The Morgan fingerprint density at radius 1 is 0.935 bits per heavy atom. The topological polar surface area (TPSA) is 54.7 Å². The maximum atomic E-state index is 13.2. The van der Waals surface area contributed by atoms with Crippen LogP contribution in [0.15, 0.2) is 41.4 Å². The Balaban J connectivity index is 2.01. The van der Waals surface area contributed by atoms with Gasteiger partial charge >= 0.3 is 12.4 Å². The molecule has 2 aromatic carbocycles. The zero-order valence-electron chi connectivity index (χ0n) is 16.6. The largest absolute Gasteiger partial charge is 0.493 e. The fraction of sp³-hybridized carbons (Fsp3) is 0.333. The lowest BCUT2D eigenvalue weighted by molar-refractivity contribution is -0.138. The minimum absolute atomic E-state index is 0.00229. The van der Waals surface area contributed by atoms with Gasteiger partial charge in [-0.25, -0.2) is 0 Å². The van der Waals surface area contributed by atoms with E-state index in [-0.39, 0.29) is 35.7 Å². The number of hydrogen-bond acceptors (Lipinski definition) is 4. The number of nitrogens with one attached hydrogen (secondary N) is 1. The molecule has 0 aliphatic carbocycles. The van der Waals surface area contributed by atoms with Crippen molar-refractivity contribution in [1.82, 2.24) is 0 Å². The van der Waals surface area contributed by atoms with Crippen LogP contribution in [-0.2, 0) is 12.4 Å². The molecule has 2 aromatic rings. The van der Waals surface area contributed by atoms with Gasteiger partial charge in [-0.3, -0.25) is 4.99 Å². The molecule has 0 fully saturated rings. The molecule has 1 atom stereocenters. The van der Waals surface area contributed by atoms with Gasteiger partial charge in [-0.15, -0.1) is 0 Å². The van der Waals surface area contributed by atoms with Crippen molar-refractivity contribution in [2.45, 2.75) is 31.8 Å². The van der Waals surface area contributed by atoms with Crippen molar-refractivity contribution < 1.29 is 35.8 Å². The predicted octanol–water partition coefficient (Wildman–Crippen LogP) is 6.01. The lowest BCUT2D eigenvalue weighted by atomic mass is 10.1. The van der Waals surface area contributed by atoms with Crippen LogP contribution >= 0.6 is 0 Å². The van der Waals surface area contributed by atoms with Crippen molar-refractivity contribution in [3.8, 4) is 11.5 Å². The van der Waals surface area contributed by atoms with Gasteiger partial charge in [0.05, 0.1) is 23.8 Å². The second-order valence-electron chi connectivity index (χ2n) is 6.59. The molecule has 31 heavy (non-hydrogen) atoms. The van der Waals surface area contributed by atoms with E-state index < -0.39 is 29.6 Å². The van der Waals surface area contributed by atoms with Gasteiger partial charge in [-0.1, -0.05) is 0 Å². The molecule has 0 amide bonds. The monoisotopic (exact) mass is 446 g/mol. The van der Waals surface area contributed by atoms with Gasteiger partial charge in [0.1, 0.15) is 11.5 Å². The van der Waals surface area contributed by atoms with Crippen LogP contribution in [0.25, 0.3) is 0 Å². The molecule has 0 heterocycles. The summed E-state index contributed by atoms with van der Waals surface area (Å²) in [6.07, 6.45) is -7.86. The summed E-state index contributed by atoms with van der Waals surface area (Å²) in [5, 5.41) is 7.08. The number of aliphatic imine (C=N–C) groups is 1. The van der Waals surface area contributed by atoms with Gasteiger partial charge in [0.2, 0.25) is 0 Å². The number of alkyl halides is 6. The first-order chi connectivity index (χ1) is 14.5. The first-order valence-corrected chi connectivity index (χ1v) is 9.10. The van der Waals surface area contributed by atoms with Crippen LogP contribution in [0.1, 0.15) is 35.6 Å². The van der Waals surface area contributed by atoms with E-state index in [2.05, 4.69) is 4.99 Å². The smallest absolute Gasteiger partial charge is 0.417 e. The SMILES string of the molecule is CN=Cc1ccc(OCCC(C)Oc2ccc(C=N)c(C(F)(F)F)c2)cc1C(F)(F)F. The van der Waals surface area contributed by atoms with E-state index in [0.29, 0.717) is 6.21 Å². The molecule has 2 rings (SSSR count). The fourth-order valence-corrected chi connectivity index (χ4v) is 2.74. The van der Waals surface area contributed by atoms with Crippen molar-refractivity contribution in [1.29, 1.82) is 5.41 Å². The van der Waals surface area contributed by atoms with E-state index in [4.69, 9.17) is 14.9 Å². The molecule has 168 valence electrons. The fourth-order valence-electron chi connectivity index (χ4n) is 2.74. The number of hydrogen-bond donors (Lipinski definition) is 1. The Morgan fingerprint density at radius 3 is 2.06 bits per heavy atom.